The van der Waals surface area contributed by atoms with Crippen molar-refractivity contribution >= 4 is 17.6 Å². The Kier molecular flexibility index (Phi) is 3.24. The Morgan fingerprint density at radius 1 is 1.10 bits per heavy atom. The van der Waals surface area contributed by atoms with E-state index in [2.05, 4.69) is 13.8 Å². The number of benzene rings is 1. The van der Waals surface area contributed by atoms with Crippen LogP contribution in [0.5, 0.6) is 0 Å². The summed E-state index contributed by atoms with van der Waals surface area (Å²) in [5.41, 5.74) is 2.05. The van der Waals surface area contributed by atoms with Gasteiger partial charge in [-0.3, -0.25) is 14.6 Å². The monoisotopic (exact) mass is 272 g/mol. The van der Waals surface area contributed by atoms with Gasteiger partial charge in [-0.25, -0.2) is 4.79 Å². The first-order chi connectivity index (χ1) is 9.58. The molecule has 1 aromatic rings. The van der Waals surface area contributed by atoms with Gasteiger partial charge in [-0.15, -0.1) is 0 Å². The fourth-order valence-corrected chi connectivity index (χ4v) is 2.76. The second-order valence-electron chi connectivity index (χ2n) is 5.96. The molecule has 4 heteroatoms. The maximum atomic E-state index is 12.4. The molecule has 1 heterocycles. The van der Waals surface area contributed by atoms with Crippen LogP contribution in [0.1, 0.15) is 44.6 Å². The molecule has 1 aliphatic heterocycles. The molecule has 2 fully saturated rings. The van der Waals surface area contributed by atoms with Crippen LogP contribution in [0, 0.1) is 0 Å². The summed E-state index contributed by atoms with van der Waals surface area (Å²) in [4.78, 5) is 27.5. The molecule has 0 unspecified atom stereocenters. The highest BCUT2D eigenvalue weighted by Crippen LogP contribution is 2.31. The first kappa shape index (κ1) is 13.2. The van der Waals surface area contributed by atoms with Crippen molar-refractivity contribution in [3.63, 3.8) is 0 Å². The zero-order valence-electron chi connectivity index (χ0n) is 12.0. The molecule has 106 valence electrons. The average Bonchev–Trinajstić information content (AvgIpc) is 2.65. The van der Waals surface area contributed by atoms with Crippen molar-refractivity contribution in [1.82, 2.24) is 4.90 Å². The molecule has 2 aliphatic rings. The summed E-state index contributed by atoms with van der Waals surface area (Å²) in [6, 6.07) is 7.91. The smallest absolute Gasteiger partial charge is 0.285 e. The van der Waals surface area contributed by atoms with Crippen molar-refractivity contribution < 1.29 is 9.59 Å². The number of anilines is 1. The Labute approximate surface area is 119 Å². The molecular weight excluding hydrogens is 252 g/mol. The first-order valence-corrected chi connectivity index (χ1v) is 7.31. The zero-order valence-corrected chi connectivity index (χ0v) is 12.0. The highest BCUT2D eigenvalue weighted by atomic mass is 16.2. The first-order valence-electron chi connectivity index (χ1n) is 7.31. The molecule has 20 heavy (non-hydrogen) atoms. The summed E-state index contributed by atoms with van der Waals surface area (Å²) in [6.07, 6.45) is 3.03. The molecule has 1 saturated heterocycles. The Hall–Kier alpha value is -1.84. The van der Waals surface area contributed by atoms with Crippen molar-refractivity contribution in [1.29, 1.82) is 0 Å². The maximum absolute atomic E-state index is 12.4. The van der Waals surface area contributed by atoms with Gasteiger partial charge < -0.3 is 0 Å². The van der Waals surface area contributed by atoms with E-state index in [0.29, 0.717) is 5.92 Å². The van der Waals surface area contributed by atoms with E-state index in [4.69, 9.17) is 0 Å². The van der Waals surface area contributed by atoms with Gasteiger partial charge in [0.05, 0.1) is 0 Å². The normalized spacial score (nSPS) is 19.9. The number of amides is 3. The largest absolute Gasteiger partial charge is 0.331 e. The molecule has 3 rings (SSSR count). The van der Waals surface area contributed by atoms with Gasteiger partial charge >= 0.3 is 6.03 Å². The molecule has 0 spiro atoms. The van der Waals surface area contributed by atoms with Gasteiger partial charge in [0, 0.05) is 11.7 Å². The van der Waals surface area contributed by atoms with Crippen LogP contribution in [0.25, 0.3) is 0 Å². The summed E-state index contributed by atoms with van der Waals surface area (Å²) >= 11 is 0. The lowest BCUT2D eigenvalue weighted by Gasteiger charge is -2.32. The van der Waals surface area contributed by atoms with Crippen molar-refractivity contribution in [3.05, 3.63) is 29.8 Å². The highest BCUT2D eigenvalue weighted by Gasteiger charge is 2.42. The fraction of sp³-hybridized carbons (Fsp3) is 0.500. The number of nitrogens with zero attached hydrogens (tertiary/aromatic N) is 2. The fourth-order valence-electron chi connectivity index (χ4n) is 2.76. The second kappa shape index (κ2) is 4.93. The summed E-state index contributed by atoms with van der Waals surface area (Å²) < 4.78 is 0. The number of hydrogen-bond acceptors (Lipinski definition) is 2. The van der Waals surface area contributed by atoms with E-state index in [0.717, 1.165) is 24.9 Å². The van der Waals surface area contributed by atoms with E-state index < -0.39 is 0 Å². The van der Waals surface area contributed by atoms with Gasteiger partial charge in [-0.2, -0.15) is 0 Å². The third-order valence-corrected chi connectivity index (χ3v) is 4.31. The van der Waals surface area contributed by atoms with Crippen LogP contribution in [-0.2, 0) is 4.79 Å². The van der Waals surface area contributed by atoms with E-state index in [1.807, 2.05) is 24.3 Å². The Bertz CT molecular complexity index is 532. The van der Waals surface area contributed by atoms with Crippen LogP contribution < -0.4 is 4.90 Å². The number of imide groups is 1. The number of hydrogen-bond donors (Lipinski definition) is 0. The minimum Gasteiger partial charge on any atom is -0.285 e. The van der Waals surface area contributed by atoms with Gasteiger partial charge in [-0.1, -0.05) is 26.0 Å². The number of carbonyl (C=O) groups is 2. The third-order valence-electron chi connectivity index (χ3n) is 4.31. The molecule has 1 aliphatic carbocycles. The van der Waals surface area contributed by atoms with Gasteiger partial charge in [0.25, 0.3) is 5.91 Å². The maximum Gasteiger partial charge on any atom is 0.331 e. The number of rotatable bonds is 3. The Morgan fingerprint density at radius 2 is 1.75 bits per heavy atom. The summed E-state index contributed by atoms with van der Waals surface area (Å²) in [7, 11) is 0. The van der Waals surface area contributed by atoms with Gasteiger partial charge in [0.15, 0.2) is 0 Å². The Morgan fingerprint density at radius 3 is 2.25 bits per heavy atom. The van der Waals surface area contributed by atoms with Crippen LogP contribution >= 0.6 is 0 Å². The van der Waals surface area contributed by atoms with E-state index in [1.54, 1.807) is 4.90 Å². The van der Waals surface area contributed by atoms with Crippen LogP contribution in [0.3, 0.4) is 0 Å². The standard InChI is InChI=1S/C16H20N2O2/c1-11(2)12-6-8-13(9-7-12)17-10-15(19)18(16(17)20)14-4-3-5-14/h6-9,11,14H,3-5,10H2,1-2H3. The SMILES string of the molecule is CC(C)c1ccc(N2CC(=O)N(C3CCC3)C2=O)cc1. The Balaban J connectivity index is 1.80. The molecular formula is C16H20N2O2. The molecule has 0 N–H and O–H groups in total. The third kappa shape index (κ3) is 2.09. The predicted octanol–water partition coefficient (Wildman–Crippen LogP) is 3.13. The van der Waals surface area contributed by atoms with E-state index in [-0.39, 0.29) is 24.5 Å². The molecule has 4 nitrogen and oxygen atoms in total. The van der Waals surface area contributed by atoms with Gasteiger partial charge in [0.1, 0.15) is 6.54 Å². The van der Waals surface area contributed by atoms with Crippen molar-refractivity contribution in [2.45, 2.75) is 45.1 Å². The van der Waals surface area contributed by atoms with Crippen LogP contribution in [0.15, 0.2) is 24.3 Å². The number of urea groups is 1. The van der Waals surface area contributed by atoms with E-state index >= 15 is 0 Å². The average molecular weight is 272 g/mol. The highest BCUT2D eigenvalue weighted by molar-refractivity contribution is 6.12. The van der Waals surface area contributed by atoms with Gasteiger partial charge in [0.2, 0.25) is 0 Å². The summed E-state index contributed by atoms with van der Waals surface area (Å²) in [5.74, 6) is 0.402. The van der Waals surface area contributed by atoms with Crippen molar-refractivity contribution in [2.75, 3.05) is 11.4 Å². The minimum atomic E-state index is -0.156. The molecule has 0 atom stereocenters. The summed E-state index contributed by atoms with van der Waals surface area (Å²) in [5, 5.41) is 0. The van der Waals surface area contributed by atoms with Crippen molar-refractivity contribution in [2.24, 2.45) is 0 Å². The minimum absolute atomic E-state index is 0.0624. The lowest BCUT2D eigenvalue weighted by molar-refractivity contribution is -0.127. The second-order valence-corrected chi connectivity index (χ2v) is 5.96. The molecule has 0 bridgehead atoms. The van der Waals surface area contributed by atoms with Crippen LogP contribution in [0.4, 0.5) is 10.5 Å². The zero-order chi connectivity index (χ0) is 14.3. The summed E-state index contributed by atoms with van der Waals surface area (Å²) in [6.45, 7) is 4.45. The van der Waals surface area contributed by atoms with E-state index in [9.17, 15) is 9.59 Å². The molecule has 0 radical (unpaired) electrons. The van der Waals surface area contributed by atoms with E-state index in [1.165, 1.54) is 10.5 Å². The van der Waals surface area contributed by atoms with Crippen molar-refractivity contribution in [3.8, 4) is 0 Å². The molecule has 1 saturated carbocycles. The molecule has 0 aromatic heterocycles. The van der Waals surface area contributed by atoms with Gasteiger partial charge in [-0.05, 0) is 42.9 Å². The predicted molar refractivity (Wildman–Crippen MR) is 77.8 cm³/mol. The van der Waals surface area contributed by atoms with Crippen LogP contribution in [-0.4, -0.2) is 29.4 Å². The molecule has 1 aromatic carbocycles. The lowest BCUT2D eigenvalue weighted by Crippen LogP contribution is -2.44. The molecule has 3 amide bonds. The van der Waals surface area contributed by atoms with Crippen LogP contribution in [0.2, 0.25) is 0 Å². The number of carbonyl (C=O) groups excluding carboxylic acids is 2. The lowest BCUT2D eigenvalue weighted by atomic mass is 9.92. The topological polar surface area (TPSA) is 40.6 Å². The quantitative estimate of drug-likeness (QED) is 0.793.